The molecule has 0 aliphatic carbocycles. The van der Waals surface area contributed by atoms with E-state index in [1.807, 2.05) is 0 Å². The second-order valence-corrected chi connectivity index (χ2v) is 1.50. The summed E-state index contributed by atoms with van der Waals surface area (Å²) in [7, 11) is 1.40. The number of carbonyl (C=O) groups excluding carboxylic acids is 1. The van der Waals surface area contributed by atoms with Crippen LogP contribution in [0.25, 0.3) is 0 Å². The summed E-state index contributed by atoms with van der Waals surface area (Å²) in [6.45, 7) is 3.36. The maximum Gasteiger partial charge on any atom is 0.516 e. The van der Waals surface area contributed by atoms with E-state index in [0.717, 1.165) is 0 Å². The van der Waals surface area contributed by atoms with Crippen LogP contribution in [0, 0.1) is 0 Å². The molecule has 1 unspecified atom stereocenters. The van der Waals surface area contributed by atoms with Crippen molar-refractivity contribution in [3.8, 4) is 0 Å². The Bertz CT molecular complexity index is 151. The number of cyclic esters (lactones) is 2. The zero-order chi connectivity index (χ0) is 6.85. The first kappa shape index (κ1) is 6.10. The molecule has 9 heavy (non-hydrogen) atoms. The standard InChI is InChI=1S/C5H6O4/c1-3-4(7-2)9-5(6)8-3/h4H,1H2,2H3. The average molecular weight is 130 g/mol. The molecule has 0 aromatic carbocycles. The van der Waals surface area contributed by atoms with Crippen LogP contribution < -0.4 is 0 Å². The molecule has 0 amide bonds. The molecule has 1 fully saturated rings. The minimum absolute atomic E-state index is 0.197. The SMILES string of the molecule is C=C1OC(=O)OC1OC. The van der Waals surface area contributed by atoms with Crippen LogP contribution in [0.5, 0.6) is 0 Å². The predicted octanol–water partition coefficient (Wildman–Crippen LogP) is 0.639. The first-order chi connectivity index (χ1) is 4.24. The fourth-order valence-corrected chi connectivity index (χ4v) is 0.512. The quantitative estimate of drug-likeness (QED) is 0.488. The van der Waals surface area contributed by atoms with Gasteiger partial charge in [-0.25, -0.2) is 4.79 Å². The third-order valence-corrected chi connectivity index (χ3v) is 0.895. The molecule has 1 saturated heterocycles. The maximum absolute atomic E-state index is 10.2. The van der Waals surface area contributed by atoms with Crippen LogP contribution in [0.15, 0.2) is 12.3 Å². The van der Waals surface area contributed by atoms with Crippen LogP contribution in [0.1, 0.15) is 0 Å². The number of carbonyl (C=O) groups is 1. The molecule has 0 N–H and O–H groups in total. The largest absolute Gasteiger partial charge is 0.516 e. The molecule has 1 atom stereocenters. The van der Waals surface area contributed by atoms with Gasteiger partial charge in [0.25, 0.3) is 6.29 Å². The summed E-state index contributed by atoms with van der Waals surface area (Å²) in [6, 6.07) is 0. The third kappa shape index (κ3) is 1.02. The summed E-state index contributed by atoms with van der Waals surface area (Å²) in [5, 5.41) is 0. The van der Waals surface area contributed by atoms with Gasteiger partial charge < -0.3 is 14.2 Å². The maximum atomic E-state index is 10.2. The minimum Gasteiger partial charge on any atom is -0.396 e. The van der Waals surface area contributed by atoms with E-state index >= 15 is 0 Å². The zero-order valence-electron chi connectivity index (χ0n) is 4.92. The highest BCUT2D eigenvalue weighted by atomic mass is 16.8. The lowest BCUT2D eigenvalue weighted by molar-refractivity contribution is -0.0344. The number of rotatable bonds is 1. The molecule has 0 aromatic heterocycles. The van der Waals surface area contributed by atoms with E-state index in [9.17, 15) is 4.79 Å². The van der Waals surface area contributed by atoms with Gasteiger partial charge in [0.05, 0.1) is 0 Å². The van der Waals surface area contributed by atoms with Crippen molar-refractivity contribution in [1.29, 1.82) is 0 Å². The van der Waals surface area contributed by atoms with E-state index in [4.69, 9.17) is 0 Å². The lowest BCUT2D eigenvalue weighted by atomic mass is 10.6. The lowest BCUT2D eigenvalue weighted by Gasteiger charge is -2.00. The Hall–Kier alpha value is -1.03. The number of hydrogen-bond donors (Lipinski definition) is 0. The average Bonchev–Trinajstić information content (AvgIpc) is 2.10. The highest BCUT2D eigenvalue weighted by Gasteiger charge is 2.29. The van der Waals surface area contributed by atoms with Crippen molar-refractivity contribution in [2.24, 2.45) is 0 Å². The molecule has 0 radical (unpaired) electrons. The Labute approximate surface area is 52.0 Å². The van der Waals surface area contributed by atoms with Crippen LogP contribution in [0.4, 0.5) is 4.79 Å². The van der Waals surface area contributed by atoms with E-state index < -0.39 is 12.4 Å². The Morgan fingerprint density at radius 2 is 2.44 bits per heavy atom. The fraction of sp³-hybridized carbons (Fsp3) is 0.400. The van der Waals surface area contributed by atoms with Crippen molar-refractivity contribution in [3.05, 3.63) is 12.3 Å². The van der Waals surface area contributed by atoms with E-state index in [1.165, 1.54) is 7.11 Å². The van der Waals surface area contributed by atoms with Gasteiger partial charge in [0, 0.05) is 7.11 Å². The molecule has 1 aliphatic heterocycles. The van der Waals surface area contributed by atoms with E-state index in [-0.39, 0.29) is 5.76 Å². The molecule has 0 bridgehead atoms. The molecule has 0 spiro atoms. The topological polar surface area (TPSA) is 44.8 Å². The van der Waals surface area contributed by atoms with Crippen molar-refractivity contribution in [2.75, 3.05) is 7.11 Å². The van der Waals surface area contributed by atoms with Crippen molar-refractivity contribution in [2.45, 2.75) is 6.29 Å². The molecule has 4 nitrogen and oxygen atoms in total. The predicted molar refractivity (Wildman–Crippen MR) is 27.5 cm³/mol. The van der Waals surface area contributed by atoms with E-state index in [0.29, 0.717) is 0 Å². The molecule has 0 aromatic rings. The molecule has 1 aliphatic rings. The number of ether oxygens (including phenoxy) is 3. The Kier molecular flexibility index (Phi) is 1.40. The van der Waals surface area contributed by atoms with Crippen LogP contribution in [0.2, 0.25) is 0 Å². The molecular formula is C5H6O4. The summed E-state index contributed by atoms with van der Waals surface area (Å²) >= 11 is 0. The van der Waals surface area contributed by atoms with Gasteiger partial charge in [-0.2, -0.15) is 0 Å². The second-order valence-electron chi connectivity index (χ2n) is 1.50. The van der Waals surface area contributed by atoms with Crippen molar-refractivity contribution in [3.63, 3.8) is 0 Å². The molecule has 50 valence electrons. The Morgan fingerprint density at radius 3 is 2.67 bits per heavy atom. The summed E-state index contributed by atoms with van der Waals surface area (Å²) in [4.78, 5) is 10.2. The summed E-state index contributed by atoms with van der Waals surface area (Å²) in [6.07, 6.45) is -1.48. The molecule has 4 heteroatoms. The van der Waals surface area contributed by atoms with Crippen molar-refractivity contribution >= 4 is 6.16 Å². The number of methoxy groups -OCH3 is 1. The fourth-order valence-electron chi connectivity index (χ4n) is 0.512. The van der Waals surface area contributed by atoms with Crippen LogP contribution in [-0.2, 0) is 14.2 Å². The lowest BCUT2D eigenvalue weighted by Crippen LogP contribution is -2.09. The highest BCUT2D eigenvalue weighted by molar-refractivity contribution is 5.64. The normalized spacial score (nSPS) is 25.7. The van der Waals surface area contributed by atoms with Gasteiger partial charge in [-0.15, -0.1) is 0 Å². The first-order valence-electron chi connectivity index (χ1n) is 2.34. The van der Waals surface area contributed by atoms with Gasteiger partial charge in [0.1, 0.15) is 0 Å². The van der Waals surface area contributed by atoms with Crippen LogP contribution >= 0.6 is 0 Å². The number of hydrogen-bond acceptors (Lipinski definition) is 4. The molecule has 1 rings (SSSR count). The second kappa shape index (κ2) is 2.06. The summed E-state index contributed by atoms with van der Waals surface area (Å²) in [5.74, 6) is 0.197. The van der Waals surface area contributed by atoms with Gasteiger partial charge in [-0.05, 0) is 0 Å². The van der Waals surface area contributed by atoms with Gasteiger partial charge in [0.2, 0.25) is 0 Å². The van der Waals surface area contributed by atoms with Crippen molar-refractivity contribution < 1.29 is 19.0 Å². The minimum atomic E-state index is -0.758. The molecule has 0 saturated carbocycles. The van der Waals surface area contributed by atoms with Gasteiger partial charge in [-0.1, -0.05) is 6.58 Å². The molecule has 1 heterocycles. The van der Waals surface area contributed by atoms with Gasteiger partial charge in [-0.3, -0.25) is 0 Å². The van der Waals surface area contributed by atoms with Crippen LogP contribution in [-0.4, -0.2) is 19.6 Å². The smallest absolute Gasteiger partial charge is 0.396 e. The van der Waals surface area contributed by atoms with Gasteiger partial charge >= 0.3 is 6.16 Å². The van der Waals surface area contributed by atoms with Crippen molar-refractivity contribution in [1.82, 2.24) is 0 Å². The molecular weight excluding hydrogens is 124 g/mol. The van der Waals surface area contributed by atoms with E-state index in [2.05, 4.69) is 20.8 Å². The van der Waals surface area contributed by atoms with Crippen LogP contribution in [0.3, 0.4) is 0 Å². The summed E-state index contributed by atoms with van der Waals surface area (Å²) < 4.78 is 13.5. The van der Waals surface area contributed by atoms with Gasteiger partial charge in [0.15, 0.2) is 5.76 Å². The third-order valence-electron chi connectivity index (χ3n) is 0.895. The highest BCUT2D eigenvalue weighted by Crippen LogP contribution is 2.16. The van der Waals surface area contributed by atoms with E-state index in [1.54, 1.807) is 0 Å². The zero-order valence-corrected chi connectivity index (χ0v) is 4.92. The summed E-state index contributed by atoms with van der Waals surface area (Å²) in [5.41, 5.74) is 0. The monoisotopic (exact) mass is 130 g/mol. The first-order valence-corrected chi connectivity index (χ1v) is 2.34. The Morgan fingerprint density at radius 1 is 1.78 bits per heavy atom. The Balaban J connectivity index is 2.58.